The summed E-state index contributed by atoms with van der Waals surface area (Å²) in [6, 6.07) is 1.42. The molecule has 1 aliphatic carbocycles. The maximum atomic E-state index is 5.93. The molecule has 2 unspecified atom stereocenters. The van der Waals surface area contributed by atoms with Crippen LogP contribution in [0, 0.1) is 5.92 Å². The third-order valence-corrected chi connectivity index (χ3v) is 3.11. The molecule has 78 valence electrons. The van der Waals surface area contributed by atoms with E-state index in [-0.39, 0.29) is 6.04 Å². The van der Waals surface area contributed by atoms with E-state index >= 15 is 0 Å². The van der Waals surface area contributed by atoms with Crippen molar-refractivity contribution in [3.63, 3.8) is 0 Å². The first-order chi connectivity index (χ1) is 6.02. The van der Waals surface area contributed by atoms with Crippen LogP contribution in [0.15, 0.2) is 0 Å². The van der Waals surface area contributed by atoms with Crippen LogP contribution in [0.25, 0.3) is 0 Å². The summed E-state index contributed by atoms with van der Waals surface area (Å²) in [6.45, 7) is 10.1. The van der Waals surface area contributed by atoms with Gasteiger partial charge in [0, 0.05) is 24.7 Å². The summed E-state index contributed by atoms with van der Waals surface area (Å²) >= 11 is 0. The van der Waals surface area contributed by atoms with Gasteiger partial charge in [-0.1, -0.05) is 0 Å². The number of hydrogen-bond acceptors (Lipinski definition) is 2. The molecular formula is C11H24N2. The second-order valence-electron chi connectivity index (χ2n) is 4.83. The van der Waals surface area contributed by atoms with Crippen molar-refractivity contribution in [2.24, 2.45) is 11.7 Å². The van der Waals surface area contributed by atoms with Crippen LogP contribution in [0.3, 0.4) is 0 Å². The van der Waals surface area contributed by atoms with E-state index in [0.717, 1.165) is 5.92 Å². The van der Waals surface area contributed by atoms with Gasteiger partial charge in [-0.2, -0.15) is 0 Å². The number of rotatable bonds is 5. The molecular weight excluding hydrogens is 160 g/mol. The Morgan fingerprint density at radius 3 is 2.08 bits per heavy atom. The first-order valence-electron chi connectivity index (χ1n) is 5.53. The van der Waals surface area contributed by atoms with E-state index in [1.165, 1.54) is 19.4 Å². The third-order valence-electron chi connectivity index (χ3n) is 3.11. The van der Waals surface area contributed by atoms with E-state index in [4.69, 9.17) is 5.73 Å². The van der Waals surface area contributed by atoms with Crippen molar-refractivity contribution in [1.82, 2.24) is 4.90 Å². The molecule has 2 atom stereocenters. The zero-order valence-electron chi connectivity index (χ0n) is 9.46. The van der Waals surface area contributed by atoms with E-state index < -0.39 is 0 Å². The van der Waals surface area contributed by atoms with Crippen molar-refractivity contribution in [2.75, 3.05) is 6.54 Å². The Morgan fingerprint density at radius 1 is 1.23 bits per heavy atom. The molecule has 1 saturated carbocycles. The second kappa shape index (κ2) is 4.43. The minimum absolute atomic E-state index is 0.279. The summed E-state index contributed by atoms with van der Waals surface area (Å²) < 4.78 is 0. The SMILES string of the molecule is CC(N)C(C)N(CC1CC1)C(C)C. The fourth-order valence-corrected chi connectivity index (χ4v) is 1.75. The second-order valence-corrected chi connectivity index (χ2v) is 4.83. The fourth-order valence-electron chi connectivity index (χ4n) is 1.75. The fraction of sp³-hybridized carbons (Fsp3) is 1.00. The van der Waals surface area contributed by atoms with Crippen LogP contribution in [0.1, 0.15) is 40.5 Å². The van der Waals surface area contributed by atoms with E-state index in [9.17, 15) is 0 Å². The average Bonchev–Trinajstić information content (AvgIpc) is 2.81. The minimum Gasteiger partial charge on any atom is -0.327 e. The van der Waals surface area contributed by atoms with E-state index in [2.05, 4.69) is 32.6 Å². The molecule has 0 heterocycles. The van der Waals surface area contributed by atoms with Gasteiger partial charge in [0.2, 0.25) is 0 Å². The molecule has 0 amide bonds. The van der Waals surface area contributed by atoms with Gasteiger partial charge in [0.15, 0.2) is 0 Å². The first-order valence-corrected chi connectivity index (χ1v) is 5.53. The molecule has 1 rings (SSSR count). The quantitative estimate of drug-likeness (QED) is 0.706. The summed E-state index contributed by atoms with van der Waals surface area (Å²) in [5.41, 5.74) is 5.93. The monoisotopic (exact) mass is 184 g/mol. The maximum Gasteiger partial charge on any atom is 0.0219 e. The Kier molecular flexibility index (Phi) is 3.74. The van der Waals surface area contributed by atoms with Crippen molar-refractivity contribution < 1.29 is 0 Å². The standard InChI is InChI=1S/C11H24N2/c1-8(2)13(7-11-5-6-11)10(4)9(3)12/h8-11H,5-7,12H2,1-4H3. The van der Waals surface area contributed by atoms with Crippen molar-refractivity contribution in [2.45, 2.75) is 58.7 Å². The molecule has 0 aliphatic heterocycles. The molecule has 1 fully saturated rings. The highest BCUT2D eigenvalue weighted by Crippen LogP contribution is 2.31. The Hall–Kier alpha value is -0.0800. The highest BCUT2D eigenvalue weighted by molar-refractivity contribution is 4.84. The summed E-state index contributed by atoms with van der Waals surface area (Å²) in [5, 5.41) is 0. The van der Waals surface area contributed by atoms with E-state index in [0.29, 0.717) is 12.1 Å². The van der Waals surface area contributed by atoms with E-state index in [1.807, 2.05) is 0 Å². The highest BCUT2D eigenvalue weighted by atomic mass is 15.2. The molecule has 13 heavy (non-hydrogen) atoms. The maximum absolute atomic E-state index is 5.93. The van der Waals surface area contributed by atoms with Gasteiger partial charge < -0.3 is 5.73 Å². The molecule has 1 aliphatic rings. The molecule has 0 aromatic rings. The Labute approximate surface area is 82.5 Å². The topological polar surface area (TPSA) is 29.3 Å². The van der Waals surface area contributed by atoms with Crippen molar-refractivity contribution in [3.8, 4) is 0 Å². The molecule has 2 nitrogen and oxygen atoms in total. The molecule has 0 aromatic heterocycles. The summed E-state index contributed by atoms with van der Waals surface area (Å²) in [4.78, 5) is 2.54. The normalized spacial score (nSPS) is 22.4. The first kappa shape index (κ1) is 11.0. The molecule has 2 N–H and O–H groups in total. The predicted molar refractivity (Wildman–Crippen MR) is 57.7 cm³/mol. The van der Waals surface area contributed by atoms with Gasteiger partial charge in [-0.15, -0.1) is 0 Å². The predicted octanol–water partition coefficient (Wildman–Crippen LogP) is 1.84. The molecule has 0 aromatic carbocycles. The molecule has 0 saturated heterocycles. The summed E-state index contributed by atoms with van der Waals surface area (Å²) in [7, 11) is 0. The molecule has 0 spiro atoms. The summed E-state index contributed by atoms with van der Waals surface area (Å²) in [6.07, 6.45) is 2.85. The lowest BCUT2D eigenvalue weighted by molar-refractivity contribution is 0.140. The van der Waals surface area contributed by atoms with Gasteiger partial charge in [0.1, 0.15) is 0 Å². The Bertz CT molecular complexity index is 150. The third kappa shape index (κ3) is 3.28. The van der Waals surface area contributed by atoms with Crippen LogP contribution in [0.4, 0.5) is 0 Å². The highest BCUT2D eigenvalue weighted by Gasteiger charge is 2.28. The van der Waals surface area contributed by atoms with Crippen molar-refractivity contribution in [1.29, 1.82) is 0 Å². The largest absolute Gasteiger partial charge is 0.327 e. The van der Waals surface area contributed by atoms with Crippen LogP contribution in [-0.2, 0) is 0 Å². The summed E-state index contributed by atoms with van der Waals surface area (Å²) in [5.74, 6) is 0.962. The smallest absolute Gasteiger partial charge is 0.0219 e. The average molecular weight is 184 g/mol. The number of nitrogens with zero attached hydrogens (tertiary/aromatic N) is 1. The zero-order valence-corrected chi connectivity index (χ0v) is 9.46. The molecule has 0 radical (unpaired) electrons. The van der Waals surface area contributed by atoms with Crippen LogP contribution in [0.5, 0.6) is 0 Å². The van der Waals surface area contributed by atoms with Crippen LogP contribution >= 0.6 is 0 Å². The van der Waals surface area contributed by atoms with Crippen LogP contribution < -0.4 is 5.73 Å². The van der Waals surface area contributed by atoms with Crippen molar-refractivity contribution in [3.05, 3.63) is 0 Å². The Balaban J connectivity index is 2.44. The van der Waals surface area contributed by atoms with Crippen molar-refractivity contribution >= 4 is 0 Å². The zero-order chi connectivity index (χ0) is 10.0. The number of hydrogen-bond donors (Lipinski definition) is 1. The lowest BCUT2D eigenvalue weighted by Gasteiger charge is -2.35. The lowest BCUT2D eigenvalue weighted by Crippen LogP contribution is -2.48. The molecule has 2 heteroatoms. The lowest BCUT2D eigenvalue weighted by atomic mass is 10.1. The number of nitrogens with two attached hydrogens (primary N) is 1. The van der Waals surface area contributed by atoms with Gasteiger partial charge >= 0.3 is 0 Å². The molecule has 0 bridgehead atoms. The minimum atomic E-state index is 0.279. The van der Waals surface area contributed by atoms with E-state index in [1.54, 1.807) is 0 Å². The van der Waals surface area contributed by atoms with Gasteiger partial charge in [0.05, 0.1) is 0 Å². The van der Waals surface area contributed by atoms with Gasteiger partial charge in [0.25, 0.3) is 0 Å². The van der Waals surface area contributed by atoms with Gasteiger partial charge in [-0.05, 0) is 46.5 Å². The van der Waals surface area contributed by atoms with Crippen LogP contribution in [0.2, 0.25) is 0 Å². The van der Waals surface area contributed by atoms with Gasteiger partial charge in [-0.3, -0.25) is 4.90 Å². The Morgan fingerprint density at radius 2 is 1.77 bits per heavy atom. The van der Waals surface area contributed by atoms with Crippen LogP contribution in [-0.4, -0.2) is 29.6 Å². The van der Waals surface area contributed by atoms with Gasteiger partial charge in [-0.25, -0.2) is 0 Å².